The predicted octanol–water partition coefficient (Wildman–Crippen LogP) is 6.36. The van der Waals surface area contributed by atoms with E-state index in [9.17, 15) is 22.8 Å². The fourth-order valence-electron chi connectivity index (χ4n) is 4.79. The number of alkyl halides is 3. The number of hydrogen-bond acceptors (Lipinski definition) is 4. The number of nitrogens with zero attached hydrogens (tertiary/aromatic N) is 1. The Bertz CT molecular complexity index is 1250. The first kappa shape index (κ1) is 35.1. The van der Waals surface area contributed by atoms with E-state index in [1.165, 1.54) is 57.6 Å². The molecule has 0 atom stereocenters. The Morgan fingerprint density at radius 1 is 1.10 bits per heavy atom. The highest BCUT2D eigenvalue weighted by molar-refractivity contribution is 5.95. The number of Topliss-reactive ketones (excluding diaryl/α,β-unsaturated/α-hetero) is 1. The molecular weight excluding hydrogens is 541 g/mol. The van der Waals surface area contributed by atoms with E-state index in [0.717, 1.165) is 52.8 Å². The summed E-state index contributed by atoms with van der Waals surface area (Å²) in [7, 11) is 2.13. The number of nitrogens with one attached hydrogen (secondary N) is 1. The molecule has 1 fully saturated rings. The number of benzene rings is 2. The van der Waals surface area contributed by atoms with Crippen molar-refractivity contribution in [3.05, 3.63) is 69.1 Å². The molecule has 42 heavy (non-hydrogen) atoms. The van der Waals surface area contributed by atoms with Gasteiger partial charge in [0.05, 0.1) is 12.2 Å². The lowest BCUT2D eigenvalue weighted by Gasteiger charge is -2.22. The number of ketones is 1. The Hall–Kier alpha value is -3.13. The second-order valence-corrected chi connectivity index (χ2v) is 11.2. The van der Waals surface area contributed by atoms with E-state index in [1.807, 2.05) is 19.1 Å². The first-order chi connectivity index (χ1) is 19.9. The van der Waals surface area contributed by atoms with E-state index >= 15 is 0 Å². The summed E-state index contributed by atoms with van der Waals surface area (Å²) in [5.74, 6) is 1.18. The van der Waals surface area contributed by atoms with E-state index in [2.05, 4.69) is 43.9 Å². The molecule has 0 spiro atoms. The van der Waals surface area contributed by atoms with Gasteiger partial charge in [-0.25, -0.2) is 0 Å². The first-order valence-electron chi connectivity index (χ1n) is 14.9. The average molecular weight is 589 g/mol. The van der Waals surface area contributed by atoms with Gasteiger partial charge >= 0.3 is 6.18 Å². The number of carbonyl (C=O) groups excluding carboxylic acids is 2. The van der Waals surface area contributed by atoms with Crippen molar-refractivity contribution < 1.29 is 27.5 Å². The molecule has 3 rings (SSSR count). The van der Waals surface area contributed by atoms with Crippen LogP contribution in [-0.2, 0) is 10.9 Å². The van der Waals surface area contributed by atoms with Crippen molar-refractivity contribution in [2.24, 2.45) is 11.8 Å². The normalized spacial score (nSPS) is 13.5. The standard InChI is InChI=1S/C25H40N2O2.C9H7F3O/c1-6-8-21(9-7-2)16-27(5)17-24-19(3)10-13-23(20(24)4)25(28)26-14-15-29-18-22-11-12-22;1-6(13)7-2-4-8(5-3-7)9(10,11)12/h10,13,17,21-22H,3,6-9,11-12,14-16,18H2,1-2,4-5H3,(H,26,28);2-5H,1H3/b24-17+;. The van der Waals surface area contributed by atoms with Crippen LogP contribution in [0.1, 0.15) is 91.1 Å². The minimum absolute atomic E-state index is 0.0373. The fourth-order valence-corrected chi connectivity index (χ4v) is 4.79. The van der Waals surface area contributed by atoms with Gasteiger partial charge in [0, 0.05) is 49.3 Å². The first-order valence-corrected chi connectivity index (χ1v) is 14.9. The Balaban J connectivity index is 0.000000395. The molecule has 1 amide bonds. The Morgan fingerprint density at radius 3 is 2.24 bits per heavy atom. The highest BCUT2D eigenvalue weighted by Crippen LogP contribution is 2.29. The molecule has 1 saturated carbocycles. The number of carbonyl (C=O) groups is 2. The summed E-state index contributed by atoms with van der Waals surface area (Å²) >= 11 is 0. The quantitative estimate of drug-likeness (QED) is 0.206. The molecule has 8 heteroatoms. The van der Waals surface area contributed by atoms with Gasteiger partial charge in [-0.05, 0) is 80.3 Å². The van der Waals surface area contributed by atoms with Crippen LogP contribution in [0.25, 0.3) is 12.8 Å². The van der Waals surface area contributed by atoms with E-state index < -0.39 is 11.7 Å². The monoisotopic (exact) mass is 588 g/mol. The minimum atomic E-state index is -4.34. The lowest BCUT2D eigenvalue weighted by atomic mass is 9.98. The molecule has 5 nitrogen and oxygen atoms in total. The molecule has 1 aliphatic rings. The number of amides is 1. The lowest BCUT2D eigenvalue weighted by Crippen LogP contribution is -2.35. The molecule has 2 aromatic rings. The fraction of sp³-hybridized carbons (Fsp3) is 0.529. The third-order valence-electron chi connectivity index (χ3n) is 7.34. The maximum Gasteiger partial charge on any atom is 0.416 e. The van der Waals surface area contributed by atoms with Crippen molar-refractivity contribution in [3.8, 4) is 0 Å². The Labute approximate surface area is 248 Å². The van der Waals surface area contributed by atoms with Crippen molar-refractivity contribution in [3.63, 3.8) is 0 Å². The molecule has 2 aromatic carbocycles. The number of hydrogen-bond donors (Lipinski definition) is 1. The van der Waals surface area contributed by atoms with Crippen LogP contribution < -0.4 is 15.8 Å². The summed E-state index contributed by atoms with van der Waals surface area (Å²) < 4.78 is 41.7. The van der Waals surface area contributed by atoms with Gasteiger partial charge in [0.25, 0.3) is 5.91 Å². The second kappa shape index (κ2) is 17.1. The second-order valence-electron chi connectivity index (χ2n) is 11.2. The molecule has 0 saturated heterocycles. The van der Waals surface area contributed by atoms with Crippen LogP contribution in [0.5, 0.6) is 0 Å². The van der Waals surface area contributed by atoms with E-state index in [1.54, 1.807) is 0 Å². The van der Waals surface area contributed by atoms with Crippen LogP contribution in [0.4, 0.5) is 13.2 Å². The van der Waals surface area contributed by atoms with Crippen molar-refractivity contribution in [2.75, 3.05) is 33.4 Å². The molecule has 0 aromatic heterocycles. The summed E-state index contributed by atoms with van der Waals surface area (Å²) in [5, 5.41) is 5.00. The van der Waals surface area contributed by atoms with Crippen molar-refractivity contribution in [2.45, 2.75) is 72.4 Å². The van der Waals surface area contributed by atoms with Gasteiger partial charge < -0.3 is 15.0 Å². The third-order valence-corrected chi connectivity index (χ3v) is 7.34. The van der Waals surface area contributed by atoms with Crippen LogP contribution in [0, 0.1) is 18.8 Å². The minimum Gasteiger partial charge on any atom is -0.380 e. The van der Waals surface area contributed by atoms with Gasteiger partial charge in [0.15, 0.2) is 5.78 Å². The van der Waals surface area contributed by atoms with Crippen LogP contribution in [0.15, 0.2) is 36.4 Å². The highest BCUT2D eigenvalue weighted by atomic mass is 19.4. The molecule has 0 unspecified atom stereocenters. The smallest absolute Gasteiger partial charge is 0.380 e. The summed E-state index contributed by atoms with van der Waals surface area (Å²) in [4.78, 5) is 25.6. The van der Waals surface area contributed by atoms with E-state index in [0.29, 0.717) is 19.1 Å². The van der Waals surface area contributed by atoms with Gasteiger partial charge in [-0.15, -0.1) is 0 Å². The maximum absolute atomic E-state index is 12.7. The third kappa shape index (κ3) is 12.0. The SMILES string of the molecule is C=c1ccc(C(=O)NCCOCC2CC2)c(C)/c1=C/N(C)CC(CCC)CCC.CC(=O)c1ccc(C(F)(F)F)cc1. The highest BCUT2D eigenvalue weighted by Gasteiger charge is 2.30. The zero-order valence-corrected chi connectivity index (χ0v) is 25.8. The molecular formula is C34H47F3N2O3. The Morgan fingerprint density at radius 2 is 1.71 bits per heavy atom. The van der Waals surface area contributed by atoms with Crippen molar-refractivity contribution >= 4 is 24.5 Å². The van der Waals surface area contributed by atoms with Gasteiger partial charge in [0.1, 0.15) is 0 Å². The summed E-state index contributed by atoms with van der Waals surface area (Å²) in [6.45, 7) is 15.0. The number of rotatable bonds is 14. The number of ether oxygens (including phenoxy) is 1. The van der Waals surface area contributed by atoms with E-state index in [-0.39, 0.29) is 17.3 Å². The van der Waals surface area contributed by atoms with Crippen LogP contribution in [0.3, 0.4) is 0 Å². The van der Waals surface area contributed by atoms with Crippen LogP contribution in [-0.4, -0.2) is 49.9 Å². The molecule has 232 valence electrons. The topological polar surface area (TPSA) is 58.6 Å². The predicted molar refractivity (Wildman–Crippen MR) is 164 cm³/mol. The molecule has 1 aliphatic carbocycles. The van der Waals surface area contributed by atoms with E-state index in [4.69, 9.17) is 4.74 Å². The lowest BCUT2D eigenvalue weighted by molar-refractivity contribution is -0.137. The van der Waals surface area contributed by atoms with Gasteiger partial charge in [-0.3, -0.25) is 9.59 Å². The van der Waals surface area contributed by atoms with Gasteiger partial charge in [-0.1, -0.05) is 51.5 Å². The summed E-state index contributed by atoms with van der Waals surface area (Å²) in [5.41, 5.74) is 1.26. The molecule has 0 radical (unpaired) electrons. The van der Waals surface area contributed by atoms with Gasteiger partial charge in [-0.2, -0.15) is 13.2 Å². The molecule has 0 heterocycles. The largest absolute Gasteiger partial charge is 0.416 e. The van der Waals surface area contributed by atoms with Crippen LogP contribution in [0.2, 0.25) is 0 Å². The van der Waals surface area contributed by atoms with Crippen molar-refractivity contribution in [1.82, 2.24) is 10.2 Å². The molecule has 0 bridgehead atoms. The van der Waals surface area contributed by atoms with Crippen molar-refractivity contribution in [1.29, 1.82) is 0 Å². The Kier molecular flexibility index (Phi) is 14.3. The average Bonchev–Trinajstić information content (AvgIpc) is 3.75. The summed E-state index contributed by atoms with van der Waals surface area (Å²) in [6, 6.07) is 7.97. The molecule has 1 N–H and O–H groups in total. The van der Waals surface area contributed by atoms with Gasteiger partial charge in [0.2, 0.25) is 0 Å². The van der Waals surface area contributed by atoms with Crippen LogP contribution >= 0.6 is 0 Å². The zero-order chi connectivity index (χ0) is 31.3. The molecule has 0 aliphatic heterocycles. The maximum atomic E-state index is 12.7. The number of halogens is 3. The zero-order valence-electron chi connectivity index (χ0n) is 25.8. The summed E-state index contributed by atoms with van der Waals surface area (Å²) in [6.07, 6.45) is 5.35.